The minimum atomic E-state index is -0.705. The molecule has 0 aromatic heterocycles. The number of rotatable bonds is 4. The molecular formula is C11H13NO4. The number of ether oxygens (including phenoxy) is 2. The van der Waals surface area contributed by atoms with Crippen molar-refractivity contribution in [1.82, 2.24) is 0 Å². The maximum Gasteiger partial charge on any atom is 0.337 e. The van der Waals surface area contributed by atoms with E-state index in [4.69, 9.17) is 10.5 Å². The molecule has 1 rings (SSSR count). The minimum absolute atomic E-state index is 0.418. The Hall–Kier alpha value is -2.04. The predicted molar refractivity (Wildman–Crippen MR) is 57.1 cm³/mol. The van der Waals surface area contributed by atoms with Crippen molar-refractivity contribution in [3.8, 4) is 5.75 Å². The lowest BCUT2D eigenvalue weighted by Gasteiger charge is -2.11. The van der Waals surface area contributed by atoms with Gasteiger partial charge in [-0.2, -0.15) is 0 Å². The monoisotopic (exact) mass is 223 g/mol. The maximum absolute atomic E-state index is 11.1. The molecule has 0 fully saturated rings. The Kier molecular flexibility index (Phi) is 3.88. The van der Waals surface area contributed by atoms with Crippen LogP contribution in [0.15, 0.2) is 24.3 Å². The summed E-state index contributed by atoms with van der Waals surface area (Å²) in [4.78, 5) is 21.9. The van der Waals surface area contributed by atoms with E-state index < -0.39 is 18.0 Å². The lowest BCUT2D eigenvalue weighted by Crippen LogP contribution is -2.30. The summed E-state index contributed by atoms with van der Waals surface area (Å²) in [6, 6.07) is 6.25. The number of nitrogens with two attached hydrogens (primary N) is 1. The van der Waals surface area contributed by atoms with E-state index >= 15 is 0 Å². The molecule has 1 aromatic rings. The predicted octanol–water partition coefficient (Wildman–Crippen LogP) is 0.726. The molecule has 0 heterocycles. The maximum atomic E-state index is 11.1. The number of amides is 1. The third-order valence-electron chi connectivity index (χ3n) is 1.99. The summed E-state index contributed by atoms with van der Waals surface area (Å²) in [6.45, 7) is 1.55. The van der Waals surface area contributed by atoms with Crippen molar-refractivity contribution in [1.29, 1.82) is 0 Å². The number of hydrogen-bond donors (Lipinski definition) is 1. The summed E-state index contributed by atoms with van der Waals surface area (Å²) < 4.78 is 9.76. The summed E-state index contributed by atoms with van der Waals surface area (Å²) in [7, 11) is 1.31. The molecule has 0 bridgehead atoms. The van der Waals surface area contributed by atoms with Crippen LogP contribution in [-0.4, -0.2) is 25.1 Å². The van der Waals surface area contributed by atoms with Gasteiger partial charge in [0.2, 0.25) is 0 Å². The van der Waals surface area contributed by atoms with Gasteiger partial charge in [0.1, 0.15) is 5.75 Å². The molecule has 16 heavy (non-hydrogen) atoms. The molecule has 0 aliphatic rings. The van der Waals surface area contributed by atoms with Crippen molar-refractivity contribution < 1.29 is 19.1 Å². The number of benzene rings is 1. The Morgan fingerprint density at radius 2 is 1.81 bits per heavy atom. The fourth-order valence-corrected chi connectivity index (χ4v) is 1.05. The van der Waals surface area contributed by atoms with E-state index in [2.05, 4.69) is 4.74 Å². The van der Waals surface area contributed by atoms with Gasteiger partial charge < -0.3 is 15.2 Å². The first-order valence-electron chi connectivity index (χ1n) is 4.69. The molecule has 5 heteroatoms. The van der Waals surface area contributed by atoms with E-state index in [0.717, 1.165) is 0 Å². The molecule has 86 valence electrons. The third kappa shape index (κ3) is 2.98. The summed E-state index contributed by atoms with van der Waals surface area (Å²) in [5, 5.41) is 0. The Balaban J connectivity index is 2.72. The number of hydrogen-bond acceptors (Lipinski definition) is 4. The zero-order valence-corrected chi connectivity index (χ0v) is 9.10. The summed E-state index contributed by atoms with van der Waals surface area (Å²) in [5.41, 5.74) is 5.46. The van der Waals surface area contributed by atoms with E-state index in [1.807, 2.05) is 0 Å². The second-order valence-electron chi connectivity index (χ2n) is 3.18. The zero-order valence-electron chi connectivity index (χ0n) is 9.10. The number of esters is 1. The van der Waals surface area contributed by atoms with Crippen LogP contribution in [0.4, 0.5) is 0 Å². The van der Waals surface area contributed by atoms with Gasteiger partial charge in [-0.1, -0.05) is 0 Å². The van der Waals surface area contributed by atoms with Gasteiger partial charge in [-0.05, 0) is 31.2 Å². The fourth-order valence-electron chi connectivity index (χ4n) is 1.05. The first kappa shape index (κ1) is 12.0. The Labute approximate surface area is 93.1 Å². The average molecular weight is 223 g/mol. The van der Waals surface area contributed by atoms with E-state index in [-0.39, 0.29) is 0 Å². The quantitative estimate of drug-likeness (QED) is 0.763. The molecule has 0 aliphatic carbocycles. The van der Waals surface area contributed by atoms with Crippen LogP contribution >= 0.6 is 0 Å². The molecule has 0 unspecified atom stereocenters. The van der Waals surface area contributed by atoms with E-state index in [1.54, 1.807) is 31.2 Å². The number of methoxy groups -OCH3 is 1. The first-order valence-corrected chi connectivity index (χ1v) is 4.69. The van der Waals surface area contributed by atoms with Gasteiger partial charge in [0.15, 0.2) is 6.10 Å². The Morgan fingerprint density at radius 1 is 1.25 bits per heavy atom. The molecule has 2 N–H and O–H groups in total. The van der Waals surface area contributed by atoms with E-state index in [1.165, 1.54) is 7.11 Å². The van der Waals surface area contributed by atoms with Gasteiger partial charge in [0, 0.05) is 0 Å². The van der Waals surface area contributed by atoms with Crippen molar-refractivity contribution in [2.24, 2.45) is 5.73 Å². The molecule has 1 aromatic carbocycles. The molecule has 0 radical (unpaired) electrons. The van der Waals surface area contributed by atoms with Crippen LogP contribution in [0.3, 0.4) is 0 Å². The standard InChI is InChI=1S/C11H13NO4/c1-7(10(12)13)16-9-5-3-8(4-6-9)11(14)15-2/h3-7H,1-2H3,(H2,12,13)/t7-/m0/s1. The van der Waals surface area contributed by atoms with Gasteiger partial charge in [-0.3, -0.25) is 4.79 Å². The molecular weight excluding hydrogens is 210 g/mol. The van der Waals surface area contributed by atoms with Crippen LogP contribution in [0.1, 0.15) is 17.3 Å². The molecule has 0 spiro atoms. The number of carbonyl (C=O) groups excluding carboxylic acids is 2. The Bertz CT molecular complexity index is 385. The second kappa shape index (κ2) is 5.16. The van der Waals surface area contributed by atoms with Crippen LogP contribution in [0.2, 0.25) is 0 Å². The van der Waals surface area contributed by atoms with Crippen LogP contribution in [-0.2, 0) is 9.53 Å². The minimum Gasteiger partial charge on any atom is -0.481 e. The molecule has 0 aliphatic heterocycles. The van der Waals surface area contributed by atoms with Crippen LogP contribution in [0, 0.1) is 0 Å². The van der Waals surface area contributed by atoms with Gasteiger partial charge in [0.05, 0.1) is 12.7 Å². The summed E-state index contributed by atoms with van der Waals surface area (Å²) >= 11 is 0. The normalized spacial score (nSPS) is 11.6. The van der Waals surface area contributed by atoms with E-state index in [9.17, 15) is 9.59 Å². The van der Waals surface area contributed by atoms with E-state index in [0.29, 0.717) is 11.3 Å². The highest BCUT2D eigenvalue weighted by molar-refractivity contribution is 5.89. The topological polar surface area (TPSA) is 78.6 Å². The van der Waals surface area contributed by atoms with Crippen LogP contribution < -0.4 is 10.5 Å². The van der Waals surface area contributed by atoms with Gasteiger partial charge in [-0.25, -0.2) is 4.79 Å². The summed E-state index contributed by atoms with van der Waals surface area (Å²) in [5.74, 6) is -0.495. The van der Waals surface area contributed by atoms with Gasteiger partial charge >= 0.3 is 5.97 Å². The molecule has 1 amide bonds. The van der Waals surface area contributed by atoms with Crippen molar-refractivity contribution in [3.05, 3.63) is 29.8 Å². The van der Waals surface area contributed by atoms with Crippen molar-refractivity contribution in [2.75, 3.05) is 7.11 Å². The Morgan fingerprint density at radius 3 is 2.25 bits per heavy atom. The summed E-state index contributed by atoms with van der Waals surface area (Å²) in [6.07, 6.45) is -0.705. The number of carbonyl (C=O) groups is 2. The van der Waals surface area contributed by atoms with Crippen molar-refractivity contribution >= 4 is 11.9 Å². The zero-order chi connectivity index (χ0) is 12.1. The highest BCUT2D eigenvalue weighted by Gasteiger charge is 2.10. The lowest BCUT2D eigenvalue weighted by atomic mass is 10.2. The van der Waals surface area contributed by atoms with Gasteiger partial charge in [0.25, 0.3) is 5.91 Å². The molecule has 0 saturated heterocycles. The highest BCUT2D eigenvalue weighted by atomic mass is 16.5. The smallest absolute Gasteiger partial charge is 0.337 e. The lowest BCUT2D eigenvalue weighted by molar-refractivity contribution is -0.123. The first-order chi connectivity index (χ1) is 7.54. The number of primary amides is 1. The van der Waals surface area contributed by atoms with Gasteiger partial charge in [-0.15, -0.1) is 0 Å². The largest absolute Gasteiger partial charge is 0.481 e. The van der Waals surface area contributed by atoms with Crippen LogP contribution in [0.5, 0.6) is 5.75 Å². The fraction of sp³-hybridized carbons (Fsp3) is 0.273. The molecule has 0 saturated carbocycles. The SMILES string of the molecule is COC(=O)c1ccc(O[C@@H](C)C(N)=O)cc1. The molecule has 1 atom stereocenters. The highest BCUT2D eigenvalue weighted by Crippen LogP contribution is 2.14. The second-order valence-corrected chi connectivity index (χ2v) is 3.18. The third-order valence-corrected chi connectivity index (χ3v) is 1.99. The average Bonchev–Trinajstić information content (AvgIpc) is 2.28. The van der Waals surface area contributed by atoms with Crippen molar-refractivity contribution in [2.45, 2.75) is 13.0 Å². The molecule has 5 nitrogen and oxygen atoms in total. The van der Waals surface area contributed by atoms with Crippen LogP contribution in [0.25, 0.3) is 0 Å². The van der Waals surface area contributed by atoms with Crippen molar-refractivity contribution in [3.63, 3.8) is 0 Å².